The second kappa shape index (κ2) is 10.4. The first-order chi connectivity index (χ1) is 9.31. The molecule has 0 fully saturated rings. The highest BCUT2D eigenvalue weighted by Crippen LogP contribution is 2.12. The van der Waals surface area contributed by atoms with E-state index < -0.39 is 0 Å². The molecule has 0 amide bonds. The van der Waals surface area contributed by atoms with Gasteiger partial charge in [0.15, 0.2) is 0 Å². The fourth-order valence-electron chi connectivity index (χ4n) is 2.68. The number of halogens is 1. The van der Waals surface area contributed by atoms with Gasteiger partial charge in [0.2, 0.25) is 0 Å². The molecule has 0 saturated carbocycles. The summed E-state index contributed by atoms with van der Waals surface area (Å²) in [5, 5.41) is 1.09. The monoisotopic (exact) mass is 325 g/mol. The third-order valence-corrected chi connectivity index (χ3v) is 4.19. The van der Waals surface area contributed by atoms with Crippen LogP contribution in [0.25, 0.3) is 0 Å². The van der Waals surface area contributed by atoms with Crippen LogP contribution >= 0.6 is 15.9 Å². The molecule has 108 valence electrons. The third kappa shape index (κ3) is 6.58. The minimum Gasteiger partial charge on any atom is -0.300 e. The number of aryl methyl sites for hydroxylation is 1. The summed E-state index contributed by atoms with van der Waals surface area (Å²) in [6, 6.07) is 11.6. The number of unbranched alkanes of at least 4 members (excludes halogenated alkanes) is 1. The largest absolute Gasteiger partial charge is 0.300 e. The van der Waals surface area contributed by atoms with E-state index in [1.54, 1.807) is 0 Å². The molecule has 0 N–H and O–H groups in total. The maximum Gasteiger partial charge on any atom is 0.0159 e. The van der Waals surface area contributed by atoms with Crippen molar-refractivity contribution < 1.29 is 0 Å². The van der Waals surface area contributed by atoms with Gasteiger partial charge in [-0.1, -0.05) is 60.1 Å². The molecule has 0 spiro atoms. The van der Waals surface area contributed by atoms with Crippen LogP contribution in [0.5, 0.6) is 0 Å². The summed E-state index contributed by atoms with van der Waals surface area (Å²) in [6.07, 6.45) is 6.34. The lowest BCUT2D eigenvalue weighted by Crippen LogP contribution is -2.36. The molecule has 0 unspecified atom stereocenters. The Hall–Kier alpha value is -0.340. The second-order valence-corrected chi connectivity index (χ2v) is 5.93. The molecular weight excluding hydrogens is 298 g/mol. The van der Waals surface area contributed by atoms with E-state index in [0.29, 0.717) is 0 Å². The first-order valence-electron chi connectivity index (χ1n) is 7.65. The van der Waals surface area contributed by atoms with Crippen molar-refractivity contribution in [3.05, 3.63) is 35.9 Å². The maximum atomic E-state index is 3.58. The first-order valence-corrected chi connectivity index (χ1v) is 8.77. The van der Waals surface area contributed by atoms with Crippen LogP contribution in [0.1, 0.15) is 45.1 Å². The van der Waals surface area contributed by atoms with Gasteiger partial charge in [-0.25, -0.2) is 0 Å². The van der Waals surface area contributed by atoms with Crippen molar-refractivity contribution in [2.24, 2.45) is 0 Å². The molecule has 0 atom stereocenters. The van der Waals surface area contributed by atoms with Crippen LogP contribution in [0.15, 0.2) is 30.3 Å². The third-order valence-electron chi connectivity index (χ3n) is 3.83. The number of nitrogens with zero attached hydrogens (tertiary/aromatic N) is 1. The van der Waals surface area contributed by atoms with Gasteiger partial charge in [0.25, 0.3) is 0 Å². The molecule has 0 radical (unpaired) electrons. The van der Waals surface area contributed by atoms with Gasteiger partial charge in [0, 0.05) is 17.9 Å². The zero-order chi connectivity index (χ0) is 13.9. The molecule has 0 bridgehead atoms. The van der Waals surface area contributed by atoms with Crippen molar-refractivity contribution in [1.29, 1.82) is 0 Å². The van der Waals surface area contributed by atoms with E-state index in [1.165, 1.54) is 50.8 Å². The Morgan fingerprint density at radius 2 is 1.68 bits per heavy atom. The number of rotatable bonds is 10. The molecule has 1 aromatic carbocycles. The van der Waals surface area contributed by atoms with Crippen molar-refractivity contribution in [3.63, 3.8) is 0 Å². The van der Waals surface area contributed by atoms with Gasteiger partial charge >= 0.3 is 0 Å². The molecule has 0 aliphatic rings. The van der Waals surface area contributed by atoms with E-state index in [1.807, 2.05) is 0 Å². The minimum absolute atomic E-state index is 0.759. The molecule has 0 aliphatic heterocycles. The molecule has 1 nitrogen and oxygen atoms in total. The number of benzene rings is 1. The van der Waals surface area contributed by atoms with Crippen molar-refractivity contribution in [2.45, 2.75) is 52.0 Å². The van der Waals surface area contributed by atoms with Crippen LogP contribution in [0.3, 0.4) is 0 Å². The second-order valence-electron chi connectivity index (χ2n) is 5.14. The summed E-state index contributed by atoms with van der Waals surface area (Å²) in [7, 11) is 0. The molecule has 19 heavy (non-hydrogen) atoms. The van der Waals surface area contributed by atoms with E-state index in [9.17, 15) is 0 Å². The highest BCUT2D eigenvalue weighted by molar-refractivity contribution is 9.09. The number of alkyl halides is 1. The normalized spacial score (nSPS) is 11.4. The van der Waals surface area contributed by atoms with E-state index in [2.05, 4.69) is 65.0 Å². The van der Waals surface area contributed by atoms with Gasteiger partial charge < -0.3 is 0 Å². The quantitative estimate of drug-likeness (QED) is 0.437. The summed E-state index contributed by atoms with van der Waals surface area (Å²) in [4.78, 5) is 2.65. The van der Waals surface area contributed by atoms with E-state index in [4.69, 9.17) is 0 Å². The van der Waals surface area contributed by atoms with Crippen LogP contribution in [0, 0.1) is 0 Å². The van der Waals surface area contributed by atoms with E-state index in [-0.39, 0.29) is 0 Å². The fourth-order valence-corrected chi connectivity index (χ4v) is 3.13. The lowest BCUT2D eigenvalue weighted by atomic mass is 10.1. The first kappa shape index (κ1) is 16.7. The van der Waals surface area contributed by atoms with Crippen LogP contribution in [0.4, 0.5) is 0 Å². The lowest BCUT2D eigenvalue weighted by molar-refractivity contribution is 0.194. The average Bonchev–Trinajstić information content (AvgIpc) is 2.46. The topological polar surface area (TPSA) is 3.24 Å². The average molecular weight is 326 g/mol. The molecule has 0 aromatic heterocycles. The molecular formula is C17H28BrN. The van der Waals surface area contributed by atoms with Gasteiger partial charge in [0.1, 0.15) is 0 Å². The van der Waals surface area contributed by atoms with Crippen LogP contribution in [0.2, 0.25) is 0 Å². The summed E-state index contributed by atoms with van der Waals surface area (Å²) in [5.41, 5.74) is 1.47. The molecule has 0 aliphatic carbocycles. The Kier molecular flexibility index (Phi) is 9.19. The Morgan fingerprint density at radius 1 is 1.00 bits per heavy atom. The van der Waals surface area contributed by atoms with Crippen LogP contribution in [-0.2, 0) is 6.42 Å². The van der Waals surface area contributed by atoms with Gasteiger partial charge in [-0.05, 0) is 44.2 Å². The Morgan fingerprint density at radius 3 is 2.26 bits per heavy atom. The van der Waals surface area contributed by atoms with Crippen molar-refractivity contribution >= 4 is 15.9 Å². The SMILES string of the molecule is CCC(CC)N(CCBr)CCCCc1ccccc1. The zero-order valence-corrected chi connectivity index (χ0v) is 14.0. The Labute approximate surface area is 127 Å². The van der Waals surface area contributed by atoms with Gasteiger partial charge in [-0.15, -0.1) is 0 Å². The smallest absolute Gasteiger partial charge is 0.0159 e. The summed E-state index contributed by atoms with van der Waals surface area (Å²) in [5.74, 6) is 0. The highest BCUT2D eigenvalue weighted by Gasteiger charge is 2.13. The lowest BCUT2D eigenvalue weighted by Gasteiger charge is -2.29. The molecule has 2 heteroatoms. The molecule has 0 saturated heterocycles. The van der Waals surface area contributed by atoms with Crippen LogP contribution in [-0.4, -0.2) is 29.4 Å². The molecule has 1 aromatic rings. The van der Waals surface area contributed by atoms with E-state index in [0.717, 1.165) is 11.4 Å². The fraction of sp³-hybridized carbons (Fsp3) is 0.647. The summed E-state index contributed by atoms with van der Waals surface area (Å²) < 4.78 is 0. The van der Waals surface area contributed by atoms with Crippen LogP contribution < -0.4 is 0 Å². The van der Waals surface area contributed by atoms with Gasteiger partial charge in [0.05, 0.1) is 0 Å². The highest BCUT2D eigenvalue weighted by atomic mass is 79.9. The predicted molar refractivity (Wildman–Crippen MR) is 89.1 cm³/mol. The Bertz CT molecular complexity index is 308. The summed E-state index contributed by atoms with van der Waals surface area (Å²) in [6.45, 7) is 7.03. The van der Waals surface area contributed by atoms with Gasteiger partial charge in [-0.3, -0.25) is 4.90 Å². The maximum absolute atomic E-state index is 3.58. The van der Waals surface area contributed by atoms with E-state index >= 15 is 0 Å². The standard InChI is InChI=1S/C17H28BrN/c1-3-17(4-2)19(15-13-18)14-9-8-12-16-10-6-5-7-11-16/h5-7,10-11,17H,3-4,8-9,12-15H2,1-2H3. The summed E-state index contributed by atoms with van der Waals surface area (Å²) >= 11 is 3.58. The number of hydrogen-bond acceptors (Lipinski definition) is 1. The number of hydrogen-bond donors (Lipinski definition) is 0. The van der Waals surface area contributed by atoms with Crippen molar-refractivity contribution in [1.82, 2.24) is 4.90 Å². The van der Waals surface area contributed by atoms with Crippen molar-refractivity contribution in [3.8, 4) is 0 Å². The van der Waals surface area contributed by atoms with Crippen molar-refractivity contribution in [2.75, 3.05) is 18.4 Å². The predicted octanol–water partition coefficient (Wildman–Crippen LogP) is 4.89. The Balaban J connectivity index is 2.28. The molecule has 1 rings (SSSR count). The molecule has 0 heterocycles. The van der Waals surface area contributed by atoms with Gasteiger partial charge in [-0.2, -0.15) is 0 Å². The minimum atomic E-state index is 0.759. The zero-order valence-electron chi connectivity index (χ0n) is 12.4.